The number of morpholine rings is 1. The molecule has 0 aromatic carbocycles. The number of rotatable bonds is 4. The van der Waals surface area contributed by atoms with E-state index >= 15 is 0 Å². The van der Waals surface area contributed by atoms with Gasteiger partial charge in [-0.1, -0.05) is 19.8 Å². The van der Waals surface area contributed by atoms with Crippen LogP contribution < -0.4 is 0 Å². The minimum absolute atomic E-state index is 0.0698. The van der Waals surface area contributed by atoms with E-state index in [-0.39, 0.29) is 18.6 Å². The maximum Gasteiger partial charge on any atom is 0.0932 e. The van der Waals surface area contributed by atoms with Gasteiger partial charge in [-0.05, 0) is 25.2 Å². The predicted molar refractivity (Wildman–Crippen MR) is 73.5 cm³/mol. The molecule has 1 heterocycles. The predicted octanol–water partition coefficient (Wildman–Crippen LogP) is 1.79. The summed E-state index contributed by atoms with van der Waals surface area (Å²) in [5.41, 5.74) is 0. The topological polar surface area (TPSA) is 56.5 Å². The molecule has 0 radical (unpaired) electrons. The lowest BCUT2D eigenvalue weighted by Crippen LogP contribution is -2.52. The summed E-state index contributed by atoms with van der Waals surface area (Å²) in [4.78, 5) is 2.39. The van der Waals surface area contributed by atoms with Crippen molar-refractivity contribution < 1.29 is 9.84 Å². The van der Waals surface area contributed by atoms with Crippen molar-refractivity contribution in [2.75, 3.05) is 26.3 Å². The molecule has 0 amide bonds. The van der Waals surface area contributed by atoms with Gasteiger partial charge < -0.3 is 9.84 Å². The number of hydrogen-bond donors (Lipinski definition) is 1. The zero-order valence-corrected chi connectivity index (χ0v) is 11.9. The molecular weight excluding hydrogens is 240 g/mol. The Hall–Kier alpha value is -0.630. The van der Waals surface area contributed by atoms with E-state index in [0.717, 1.165) is 31.8 Å². The summed E-state index contributed by atoms with van der Waals surface area (Å²) >= 11 is 0. The van der Waals surface area contributed by atoms with Gasteiger partial charge in [-0.25, -0.2) is 0 Å². The van der Waals surface area contributed by atoms with E-state index in [0.29, 0.717) is 12.6 Å². The summed E-state index contributed by atoms with van der Waals surface area (Å²) in [7, 11) is 0. The maximum absolute atomic E-state index is 9.37. The third kappa shape index (κ3) is 3.68. The first kappa shape index (κ1) is 14.8. The number of aliphatic hydroxyl groups is 1. The summed E-state index contributed by atoms with van der Waals surface area (Å²) in [6.45, 7) is 4.68. The molecule has 2 rings (SSSR count). The molecule has 0 spiro atoms. The fourth-order valence-electron chi connectivity index (χ4n) is 3.61. The van der Waals surface area contributed by atoms with Crippen molar-refractivity contribution in [2.24, 2.45) is 11.8 Å². The molecule has 4 unspecified atom stereocenters. The highest BCUT2D eigenvalue weighted by Crippen LogP contribution is 2.35. The van der Waals surface area contributed by atoms with Crippen LogP contribution in [0.25, 0.3) is 0 Å². The number of hydrogen-bond acceptors (Lipinski definition) is 4. The molecule has 0 aromatic heterocycles. The Kier molecular flexibility index (Phi) is 5.62. The van der Waals surface area contributed by atoms with Gasteiger partial charge in [0.25, 0.3) is 0 Å². The Labute approximate surface area is 116 Å². The molecule has 2 aliphatic rings. The van der Waals surface area contributed by atoms with Crippen LogP contribution in [-0.2, 0) is 4.74 Å². The molecule has 0 bridgehead atoms. The lowest BCUT2D eigenvalue weighted by Gasteiger charge is -2.43. The number of ether oxygens (including phenoxy) is 1. The number of nitrogens with zero attached hydrogens (tertiary/aromatic N) is 2. The van der Waals surface area contributed by atoms with Gasteiger partial charge in [-0.3, -0.25) is 4.90 Å². The van der Waals surface area contributed by atoms with Gasteiger partial charge in [0.2, 0.25) is 0 Å². The first-order valence-corrected chi connectivity index (χ1v) is 7.64. The van der Waals surface area contributed by atoms with Gasteiger partial charge in [0.15, 0.2) is 0 Å². The highest BCUT2D eigenvalue weighted by molar-refractivity contribution is 4.98. The van der Waals surface area contributed by atoms with Gasteiger partial charge in [0.05, 0.1) is 31.3 Å². The Balaban J connectivity index is 1.99. The lowest BCUT2D eigenvalue weighted by molar-refractivity contribution is -0.0758. The summed E-state index contributed by atoms with van der Waals surface area (Å²) in [5, 5.41) is 18.6. The zero-order chi connectivity index (χ0) is 13.7. The monoisotopic (exact) mass is 266 g/mol. The van der Waals surface area contributed by atoms with Crippen molar-refractivity contribution >= 4 is 0 Å². The maximum atomic E-state index is 9.37. The Morgan fingerprint density at radius 1 is 1.42 bits per heavy atom. The van der Waals surface area contributed by atoms with E-state index in [9.17, 15) is 10.4 Å². The van der Waals surface area contributed by atoms with Gasteiger partial charge in [0.1, 0.15) is 0 Å². The van der Waals surface area contributed by atoms with Crippen LogP contribution in [0.5, 0.6) is 0 Å². The van der Waals surface area contributed by atoms with Crippen molar-refractivity contribution in [1.82, 2.24) is 4.90 Å². The van der Waals surface area contributed by atoms with Crippen molar-refractivity contribution in [3.05, 3.63) is 0 Å². The van der Waals surface area contributed by atoms with Crippen LogP contribution in [0.15, 0.2) is 0 Å². The minimum Gasteiger partial charge on any atom is -0.394 e. The van der Waals surface area contributed by atoms with Gasteiger partial charge in [-0.15, -0.1) is 0 Å². The third-order valence-corrected chi connectivity index (χ3v) is 4.63. The standard InChI is InChI=1S/C15H26N2O2/c1-2-3-12-4-5-13(9-16)15(8-12)17-6-7-19-14(10-17)11-18/h12-15,18H,2-8,10-11H2,1H3. The van der Waals surface area contributed by atoms with Gasteiger partial charge in [-0.2, -0.15) is 5.26 Å². The normalized spacial score (nSPS) is 36.9. The van der Waals surface area contributed by atoms with Crippen molar-refractivity contribution in [2.45, 2.75) is 51.2 Å². The average molecular weight is 266 g/mol. The smallest absolute Gasteiger partial charge is 0.0932 e. The van der Waals surface area contributed by atoms with E-state index in [1.807, 2.05) is 0 Å². The molecule has 19 heavy (non-hydrogen) atoms. The van der Waals surface area contributed by atoms with Gasteiger partial charge in [0, 0.05) is 19.1 Å². The van der Waals surface area contributed by atoms with E-state index < -0.39 is 0 Å². The second-order valence-electron chi connectivity index (χ2n) is 5.94. The van der Waals surface area contributed by atoms with Crippen LogP contribution in [0, 0.1) is 23.2 Å². The van der Waals surface area contributed by atoms with E-state index in [4.69, 9.17) is 4.74 Å². The Bertz CT molecular complexity index is 316. The lowest BCUT2D eigenvalue weighted by atomic mass is 9.76. The van der Waals surface area contributed by atoms with Gasteiger partial charge >= 0.3 is 0 Å². The van der Waals surface area contributed by atoms with Crippen LogP contribution in [0.4, 0.5) is 0 Å². The van der Waals surface area contributed by atoms with Crippen LogP contribution in [0.2, 0.25) is 0 Å². The van der Waals surface area contributed by atoms with Crippen LogP contribution in [-0.4, -0.2) is 48.5 Å². The largest absolute Gasteiger partial charge is 0.394 e. The molecule has 1 saturated heterocycles. The summed E-state index contributed by atoms with van der Waals surface area (Å²) in [5.74, 6) is 0.931. The molecule has 4 heteroatoms. The highest BCUT2D eigenvalue weighted by Gasteiger charge is 2.36. The Morgan fingerprint density at radius 3 is 2.95 bits per heavy atom. The summed E-state index contributed by atoms with van der Waals surface area (Å²) in [6, 6.07) is 2.87. The van der Waals surface area contributed by atoms with E-state index in [2.05, 4.69) is 17.9 Å². The molecule has 4 atom stereocenters. The molecule has 1 saturated carbocycles. The second kappa shape index (κ2) is 7.23. The van der Waals surface area contributed by atoms with Crippen LogP contribution in [0.1, 0.15) is 39.0 Å². The zero-order valence-electron chi connectivity index (χ0n) is 11.9. The summed E-state index contributed by atoms with van der Waals surface area (Å²) in [6.07, 6.45) is 5.83. The van der Waals surface area contributed by atoms with Crippen molar-refractivity contribution in [1.29, 1.82) is 5.26 Å². The fourth-order valence-corrected chi connectivity index (χ4v) is 3.61. The average Bonchev–Trinajstić information content (AvgIpc) is 2.47. The van der Waals surface area contributed by atoms with Crippen molar-refractivity contribution in [3.63, 3.8) is 0 Å². The number of aliphatic hydroxyl groups excluding tert-OH is 1. The van der Waals surface area contributed by atoms with Crippen molar-refractivity contribution in [3.8, 4) is 6.07 Å². The van der Waals surface area contributed by atoms with Crippen LogP contribution >= 0.6 is 0 Å². The first-order valence-electron chi connectivity index (χ1n) is 7.64. The molecule has 2 fully saturated rings. The van der Waals surface area contributed by atoms with Crippen LogP contribution in [0.3, 0.4) is 0 Å². The third-order valence-electron chi connectivity index (χ3n) is 4.63. The minimum atomic E-state index is -0.0698. The first-order chi connectivity index (χ1) is 9.28. The Morgan fingerprint density at radius 2 is 2.26 bits per heavy atom. The summed E-state index contributed by atoms with van der Waals surface area (Å²) < 4.78 is 5.52. The second-order valence-corrected chi connectivity index (χ2v) is 5.94. The highest BCUT2D eigenvalue weighted by atomic mass is 16.5. The fraction of sp³-hybridized carbons (Fsp3) is 0.933. The SMILES string of the molecule is CCCC1CCC(C#N)C(N2CCOC(CO)C2)C1. The molecule has 0 aromatic rings. The molecule has 4 nitrogen and oxygen atoms in total. The molecular formula is C15H26N2O2. The molecule has 108 valence electrons. The molecule has 1 aliphatic heterocycles. The molecule has 1 N–H and O–H groups in total. The van der Waals surface area contributed by atoms with E-state index in [1.165, 1.54) is 19.3 Å². The molecule has 1 aliphatic carbocycles. The number of nitriles is 1. The quantitative estimate of drug-likeness (QED) is 0.843. The van der Waals surface area contributed by atoms with E-state index in [1.54, 1.807) is 0 Å².